The van der Waals surface area contributed by atoms with E-state index >= 15 is 0 Å². The van der Waals surface area contributed by atoms with Crippen molar-refractivity contribution in [3.63, 3.8) is 0 Å². The molecule has 2 N–H and O–H groups in total. The van der Waals surface area contributed by atoms with Crippen LogP contribution in [-0.4, -0.2) is 31.2 Å². The zero-order valence-corrected chi connectivity index (χ0v) is 14.6. The number of anilines is 1. The number of ether oxygens (including phenoxy) is 1. The number of hydrogen-bond donors (Lipinski definition) is 2. The van der Waals surface area contributed by atoms with Crippen LogP contribution in [0.1, 0.15) is 11.1 Å². The minimum atomic E-state index is -0.283. The molecule has 0 unspecified atom stereocenters. The Morgan fingerprint density at radius 2 is 2.29 bits per heavy atom. The lowest BCUT2D eigenvalue weighted by Gasteiger charge is -2.12. The molecule has 0 fully saturated rings. The standard InChI is InChI=1S/C19H14FN7O/c1-21-17-10-27-18(25-17)13(15-4-6-24-26-15)9-23-19(27)22-8-12-11-5-7-28-16(11)3-2-14(12)20/h2-4,6,9-10H,5,7-8H2,(H,22,23)(H,24,26). The summed E-state index contributed by atoms with van der Waals surface area (Å²) in [5.41, 5.74) is 3.47. The molecule has 1 aliphatic heterocycles. The molecule has 0 atom stereocenters. The van der Waals surface area contributed by atoms with Crippen LogP contribution in [0.3, 0.4) is 0 Å². The molecule has 4 heterocycles. The van der Waals surface area contributed by atoms with E-state index < -0.39 is 0 Å². The highest BCUT2D eigenvalue weighted by atomic mass is 19.1. The Kier molecular flexibility index (Phi) is 3.69. The molecule has 9 heteroatoms. The van der Waals surface area contributed by atoms with Crippen LogP contribution in [0.25, 0.3) is 21.7 Å². The van der Waals surface area contributed by atoms with Crippen LogP contribution in [0.15, 0.2) is 36.8 Å². The van der Waals surface area contributed by atoms with Crippen molar-refractivity contribution in [1.29, 1.82) is 0 Å². The fourth-order valence-corrected chi connectivity index (χ4v) is 3.42. The summed E-state index contributed by atoms with van der Waals surface area (Å²) >= 11 is 0. The predicted molar refractivity (Wildman–Crippen MR) is 99.8 cm³/mol. The first-order chi connectivity index (χ1) is 13.7. The summed E-state index contributed by atoms with van der Waals surface area (Å²) in [6.45, 7) is 8.07. The molecule has 0 amide bonds. The summed E-state index contributed by atoms with van der Waals surface area (Å²) in [4.78, 5) is 12.2. The summed E-state index contributed by atoms with van der Waals surface area (Å²) in [6.07, 6.45) is 5.57. The Morgan fingerprint density at radius 3 is 3.11 bits per heavy atom. The lowest BCUT2D eigenvalue weighted by atomic mass is 10.0. The maximum atomic E-state index is 14.4. The number of imidazole rings is 1. The molecule has 3 aromatic heterocycles. The highest BCUT2D eigenvalue weighted by Gasteiger charge is 2.21. The number of fused-ring (bicyclic) bond motifs is 2. The normalized spacial score (nSPS) is 12.6. The molecule has 0 saturated carbocycles. The van der Waals surface area contributed by atoms with Crippen molar-refractivity contribution in [3.05, 3.63) is 65.2 Å². The maximum absolute atomic E-state index is 14.4. The number of benzene rings is 1. The van der Waals surface area contributed by atoms with Crippen molar-refractivity contribution < 1.29 is 9.13 Å². The summed E-state index contributed by atoms with van der Waals surface area (Å²) in [5.74, 6) is 1.16. The van der Waals surface area contributed by atoms with Gasteiger partial charge in [0.25, 0.3) is 5.82 Å². The summed E-state index contributed by atoms with van der Waals surface area (Å²) in [7, 11) is 0. The van der Waals surface area contributed by atoms with Crippen molar-refractivity contribution >= 4 is 17.4 Å². The second kappa shape index (κ2) is 6.35. The number of rotatable bonds is 4. The molecule has 0 radical (unpaired) electrons. The third-order valence-corrected chi connectivity index (χ3v) is 4.75. The molecule has 28 heavy (non-hydrogen) atoms. The SMILES string of the molecule is [C-]#[N+]c1cn2c(NCc3c(F)ccc4c3CCO4)ncc(-c3ccn[nH]3)c2n1. The van der Waals surface area contributed by atoms with Crippen LogP contribution in [0.4, 0.5) is 16.2 Å². The smallest absolute Gasteiger partial charge is 0.288 e. The lowest BCUT2D eigenvalue weighted by Crippen LogP contribution is -2.09. The average molecular weight is 375 g/mol. The topological polar surface area (TPSA) is 84.5 Å². The van der Waals surface area contributed by atoms with E-state index in [0.29, 0.717) is 30.2 Å². The summed E-state index contributed by atoms with van der Waals surface area (Å²) < 4.78 is 21.6. The van der Waals surface area contributed by atoms with Crippen LogP contribution < -0.4 is 10.1 Å². The Labute approximate surface area is 158 Å². The summed E-state index contributed by atoms with van der Waals surface area (Å²) in [6, 6.07) is 4.88. The number of nitrogens with one attached hydrogen (secondary N) is 2. The molecule has 8 nitrogen and oxygen atoms in total. The Bertz CT molecular complexity index is 1220. The van der Waals surface area contributed by atoms with Gasteiger partial charge in [0, 0.05) is 42.7 Å². The second-order valence-corrected chi connectivity index (χ2v) is 6.32. The first-order valence-corrected chi connectivity index (χ1v) is 8.67. The van der Waals surface area contributed by atoms with Gasteiger partial charge in [-0.1, -0.05) is 11.6 Å². The van der Waals surface area contributed by atoms with E-state index in [1.807, 2.05) is 0 Å². The van der Waals surface area contributed by atoms with Crippen LogP contribution in [0.2, 0.25) is 0 Å². The number of H-pyrrole nitrogens is 1. The first kappa shape index (κ1) is 16.3. The Hall–Kier alpha value is -3.93. The van der Waals surface area contributed by atoms with Gasteiger partial charge in [0.1, 0.15) is 11.6 Å². The largest absolute Gasteiger partial charge is 0.493 e. The molecule has 1 aliphatic rings. The van der Waals surface area contributed by atoms with Gasteiger partial charge in [-0.05, 0) is 18.2 Å². The quantitative estimate of drug-likeness (QED) is 0.535. The zero-order chi connectivity index (χ0) is 19.1. The van der Waals surface area contributed by atoms with Gasteiger partial charge in [-0.15, -0.1) is 0 Å². The van der Waals surface area contributed by atoms with Crippen LogP contribution in [0.5, 0.6) is 5.75 Å². The van der Waals surface area contributed by atoms with Crippen molar-refractivity contribution in [2.45, 2.75) is 13.0 Å². The molecule has 5 rings (SSSR count). The van der Waals surface area contributed by atoms with Gasteiger partial charge < -0.3 is 14.9 Å². The molecular weight excluding hydrogens is 361 g/mol. The fraction of sp³-hybridized carbons (Fsp3) is 0.158. The first-order valence-electron chi connectivity index (χ1n) is 8.67. The van der Waals surface area contributed by atoms with Gasteiger partial charge in [-0.25, -0.2) is 9.37 Å². The van der Waals surface area contributed by atoms with Gasteiger partial charge >= 0.3 is 0 Å². The number of aromatic amines is 1. The molecule has 0 bridgehead atoms. The van der Waals surface area contributed by atoms with E-state index in [-0.39, 0.29) is 18.2 Å². The fourth-order valence-electron chi connectivity index (χ4n) is 3.42. The number of hydrogen-bond acceptors (Lipinski definition) is 5. The molecule has 1 aromatic carbocycles. The van der Waals surface area contributed by atoms with Gasteiger partial charge in [-0.3, -0.25) is 9.50 Å². The highest BCUT2D eigenvalue weighted by Crippen LogP contribution is 2.31. The lowest BCUT2D eigenvalue weighted by molar-refractivity contribution is 0.356. The van der Waals surface area contributed by atoms with Crippen molar-refractivity contribution in [1.82, 2.24) is 24.6 Å². The van der Waals surface area contributed by atoms with E-state index in [1.165, 1.54) is 6.07 Å². The number of aromatic nitrogens is 5. The number of nitrogens with zero attached hydrogens (tertiary/aromatic N) is 5. The highest BCUT2D eigenvalue weighted by molar-refractivity contribution is 5.77. The van der Waals surface area contributed by atoms with Crippen LogP contribution in [0, 0.1) is 12.4 Å². The van der Waals surface area contributed by atoms with E-state index in [1.54, 1.807) is 35.1 Å². The third-order valence-electron chi connectivity index (χ3n) is 4.75. The van der Waals surface area contributed by atoms with Gasteiger partial charge in [0.15, 0.2) is 0 Å². The van der Waals surface area contributed by atoms with Gasteiger partial charge in [-0.2, -0.15) is 5.10 Å². The van der Waals surface area contributed by atoms with Crippen LogP contribution >= 0.6 is 0 Å². The molecule has 0 aliphatic carbocycles. The second-order valence-electron chi connectivity index (χ2n) is 6.32. The van der Waals surface area contributed by atoms with Crippen LogP contribution in [-0.2, 0) is 13.0 Å². The minimum Gasteiger partial charge on any atom is -0.493 e. The number of halogens is 1. The van der Waals surface area contributed by atoms with E-state index in [0.717, 1.165) is 22.6 Å². The molecule has 0 spiro atoms. The predicted octanol–water partition coefficient (Wildman–Crippen LogP) is 3.36. The van der Waals surface area contributed by atoms with Crippen molar-refractivity contribution in [2.24, 2.45) is 0 Å². The van der Waals surface area contributed by atoms with Crippen molar-refractivity contribution in [2.75, 3.05) is 11.9 Å². The van der Waals surface area contributed by atoms with E-state index in [2.05, 4.69) is 30.3 Å². The zero-order valence-electron chi connectivity index (χ0n) is 14.6. The van der Waals surface area contributed by atoms with E-state index in [9.17, 15) is 4.39 Å². The average Bonchev–Trinajstić information content (AvgIpc) is 3.46. The molecule has 4 aromatic rings. The van der Waals surface area contributed by atoms with Gasteiger partial charge in [0.2, 0.25) is 11.6 Å². The van der Waals surface area contributed by atoms with Crippen molar-refractivity contribution in [3.8, 4) is 17.0 Å². The summed E-state index contributed by atoms with van der Waals surface area (Å²) in [5, 5.41) is 10.0. The minimum absolute atomic E-state index is 0.245. The van der Waals surface area contributed by atoms with Gasteiger partial charge in [0.05, 0.1) is 17.9 Å². The molecule has 0 saturated heterocycles. The molecular formula is C19H14FN7O. The Morgan fingerprint density at radius 1 is 1.36 bits per heavy atom. The third kappa shape index (κ3) is 2.54. The monoisotopic (exact) mass is 375 g/mol. The maximum Gasteiger partial charge on any atom is 0.288 e. The van der Waals surface area contributed by atoms with E-state index in [4.69, 9.17) is 11.3 Å². The molecule has 138 valence electrons. The Balaban J connectivity index is 1.54.